The molecule has 6 nitrogen and oxygen atoms in total. The Bertz CT molecular complexity index is 1270. The lowest BCUT2D eigenvalue weighted by Crippen LogP contribution is -2.47. The Morgan fingerprint density at radius 3 is 2.22 bits per heavy atom. The van der Waals surface area contributed by atoms with E-state index in [-0.39, 0.29) is 18.5 Å². The molecular formula is C31H36N4O2. The molecule has 3 amide bonds. The monoisotopic (exact) mass is 496 g/mol. The normalized spacial score (nSPS) is 10.8. The van der Waals surface area contributed by atoms with Gasteiger partial charge in [0.25, 0.3) is 0 Å². The van der Waals surface area contributed by atoms with E-state index in [1.165, 1.54) is 10.9 Å². The molecular weight excluding hydrogens is 460 g/mol. The summed E-state index contributed by atoms with van der Waals surface area (Å²) in [5, 5.41) is 4.17. The highest BCUT2D eigenvalue weighted by molar-refractivity contribution is 5.85. The fraction of sp³-hybridized carbons (Fsp3) is 0.290. The van der Waals surface area contributed by atoms with Gasteiger partial charge < -0.3 is 20.1 Å². The number of hydrogen-bond donors (Lipinski definition) is 2. The summed E-state index contributed by atoms with van der Waals surface area (Å²) in [4.78, 5) is 33.5. The molecule has 0 aliphatic rings. The minimum absolute atomic E-state index is 0.0466. The van der Waals surface area contributed by atoms with Crippen LogP contribution in [0.3, 0.4) is 0 Å². The maximum absolute atomic E-state index is 13.6. The summed E-state index contributed by atoms with van der Waals surface area (Å²) in [6, 6.07) is 27.9. The maximum Gasteiger partial charge on any atom is 0.318 e. The minimum Gasteiger partial charge on any atom is -0.361 e. The van der Waals surface area contributed by atoms with Gasteiger partial charge in [0.1, 0.15) is 6.54 Å². The van der Waals surface area contributed by atoms with Crippen LogP contribution in [0.1, 0.15) is 36.5 Å². The zero-order valence-corrected chi connectivity index (χ0v) is 21.5. The number of H-pyrrole nitrogens is 1. The van der Waals surface area contributed by atoms with Gasteiger partial charge in [-0.3, -0.25) is 4.79 Å². The highest BCUT2D eigenvalue weighted by Crippen LogP contribution is 2.19. The van der Waals surface area contributed by atoms with Gasteiger partial charge in [0, 0.05) is 43.3 Å². The number of fused-ring (bicyclic) bond motifs is 1. The first kappa shape index (κ1) is 26.0. The number of amides is 3. The Hall–Kier alpha value is -4.06. The molecule has 1 heterocycles. The van der Waals surface area contributed by atoms with Gasteiger partial charge >= 0.3 is 6.03 Å². The molecule has 37 heavy (non-hydrogen) atoms. The van der Waals surface area contributed by atoms with Crippen molar-refractivity contribution in [3.63, 3.8) is 0 Å². The van der Waals surface area contributed by atoms with Crippen molar-refractivity contribution in [1.29, 1.82) is 0 Å². The van der Waals surface area contributed by atoms with Gasteiger partial charge in [-0.05, 0) is 35.6 Å². The molecule has 4 rings (SSSR count). The van der Waals surface area contributed by atoms with E-state index in [1.54, 1.807) is 4.90 Å². The molecule has 0 aliphatic carbocycles. The highest BCUT2D eigenvalue weighted by Gasteiger charge is 2.21. The molecule has 3 aromatic carbocycles. The van der Waals surface area contributed by atoms with Crippen LogP contribution in [-0.4, -0.2) is 46.4 Å². The van der Waals surface area contributed by atoms with Crippen LogP contribution in [-0.2, 0) is 24.3 Å². The van der Waals surface area contributed by atoms with Crippen molar-refractivity contribution in [2.75, 3.05) is 19.6 Å². The van der Waals surface area contributed by atoms with Crippen molar-refractivity contribution in [3.8, 4) is 0 Å². The van der Waals surface area contributed by atoms with Crippen LogP contribution in [0.25, 0.3) is 10.9 Å². The number of carbonyl (C=O) groups excluding carboxylic acids is 2. The van der Waals surface area contributed by atoms with Crippen LogP contribution in [0.15, 0.2) is 91.1 Å². The number of benzene rings is 3. The Balaban J connectivity index is 1.45. The van der Waals surface area contributed by atoms with E-state index in [0.717, 1.165) is 35.9 Å². The molecule has 0 radical (unpaired) electrons. The number of aromatic amines is 1. The van der Waals surface area contributed by atoms with E-state index in [9.17, 15) is 9.59 Å². The number of rotatable bonds is 12. The Morgan fingerprint density at radius 1 is 0.811 bits per heavy atom. The lowest BCUT2D eigenvalue weighted by atomic mass is 10.1. The van der Waals surface area contributed by atoms with E-state index in [2.05, 4.69) is 29.4 Å². The molecule has 0 fully saturated rings. The second-order valence-electron chi connectivity index (χ2n) is 9.33. The summed E-state index contributed by atoms with van der Waals surface area (Å²) < 4.78 is 0. The van der Waals surface area contributed by atoms with Gasteiger partial charge in [0.05, 0.1) is 0 Å². The molecule has 0 saturated heterocycles. The van der Waals surface area contributed by atoms with E-state index < -0.39 is 0 Å². The summed E-state index contributed by atoms with van der Waals surface area (Å²) in [6.45, 7) is 4.21. The van der Waals surface area contributed by atoms with Gasteiger partial charge in [-0.2, -0.15) is 0 Å². The maximum atomic E-state index is 13.6. The van der Waals surface area contributed by atoms with Gasteiger partial charge in [0.15, 0.2) is 0 Å². The Morgan fingerprint density at radius 2 is 1.49 bits per heavy atom. The predicted molar refractivity (Wildman–Crippen MR) is 149 cm³/mol. The first-order valence-corrected chi connectivity index (χ1v) is 13.1. The summed E-state index contributed by atoms with van der Waals surface area (Å²) in [5.74, 6) is -0.0466. The summed E-state index contributed by atoms with van der Waals surface area (Å²) >= 11 is 0. The topological polar surface area (TPSA) is 68.4 Å². The molecule has 0 bridgehead atoms. The summed E-state index contributed by atoms with van der Waals surface area (Å²) in [5.41, 5.74) is 4.38. The van der Waals surface area contributed by atoms with Gasteiger partial charge in [0.2, 0.25) is 5.91 Å². The Labute approximate surface area is 219 Å². The number of nitrogens with zero attached hydrogens (tertiary/aromatic N) is 2. The largest absolute Gasteiger partial charge is 0.361 e. The van der Waals surface area contributed by atoms with Crippen LogP contribution in [0.5, 0.6) is 0 Å². The smallest absolute Gasteiger partial charge is 0.318 e. The van der Waals surface area contributed by atoms with Gasteiger partial charge in [-0.25, -0.2) is 4.79 Å². The molecule has 0 aliphatic heterocycles. The van der Waals surface area contributed by atoms with Crippen LogP contribution >= 0.6 is 0 Å². The number of aromatic nitrogens is 1. The first-order valence-electron chi connectivity index (χ1n) is 13.1. The Kier molecular flexibility index (Phi) is 9.35. The van der Waals surface area contributed by atoms with Crippen molar-refractivity contribution in [3.05, 3.63) is 108 Å². The number of para-hydroxylation sites is 1. The van der Waals surface area contributed by atoms with E-state index in [1.807, 2.05) is 83.9 Å². The molecule has 192 valence electrons. The van der Waals surface area contributed by atoms with E-state index in [4.69, 9.17) is 0 Å². The fourth-order valence-electron chi connectivity index (χ4n) is 4.44. The van der Waals surface area contributed by atoms with Crippen LogP contribution < -0.4 is 5.32 Å². The number of unbranched alkanes of at least 4 members (excludes halogenated alkanes) is 1. The summed E-state index contributed by atoms with van der Waals surface area (Å²) in [6.07, 6.45) is 4.56. The average Bonchev–Trinajstić information content (AvgIpc) is 3.36. The van der Waals surface area contributed by atoms with Crippen LogP contribution in [0.4, 0.5) is 4.79 Å². The second-order valence-corrected chi connectivity index (χ2v) is 9.33. The molecule has 0 saturated carbocycles. The molecule has 0 spiro atoms. The SMILES string of the molecule is CCCCN(CC(=O)N(CCc1c[nH]c2ccccc12)Cc1ccccc1)C(=O)NCc1ccccc1. The number of nitrogens with one attached hydrogen (secondary N) is 2. The quantitative estimate of drug-likeness (QED) is 0.262. The van der Waals surface area contributed by atoms with Crippen molar-refractivity contribution >= 4 is 22.8 Å². The molecule has 6 heteroatoms. The van der Waals surface area contributed by atoms with Gasteiger partial charge in [-0.15, -0.1) is 0 Å². The van der Waals surface area contributed by atoms with E-state index in [0.29, 0.717) is 26.2 Å². The second kappa shape index (κ2) is 13.3. The van der Waals surface area contributed by atoms with Crippen molar-refractivity contribution in [2.45, 2.75) is 39.3 Å². The van der Waals surface area contributed by atoms with E-state index >= 15 is 0 Å². The third-order valence-corrected chi connectivity index (χ3v) is 6.58. The van der Waals surface area contributed by atoms with Crippen molar-refractivity contribution in [1.82, 2.24) is 20.1 Å². The minimum atomic E-state index is -0.207. The zero-order valence-electron chi connectivity index (χ0n) is 21.5. The predicted octanol–water partition coefficient (Wildman–Crippen LogP) is 5.75. The molecule has 0 unspecified atom stereocenters. The highest BCUT2D eigenvalue weighted by atomic mass is 16.2. The lowest BCUT2D eigenvalue weighted by molar-refractivity contribution is -0.132. The standard InChI is InChI=1S/C31H36N4O2/c1-2-3-19-35(31(37)33-21-25-12-6-4-7-13-25)24-30(36)34(23-26-14-8-5-9-15-26)20-18-27-22-32-29-17-11-10-16-28(27)29/h4-17,22,32H,2-3,18-21,23-24H2,1H3,(H,33,37). The van der Waals surface area contributed by atoms with Crippen LogP contribution in [0, 0.1) is 0 Å². The van der Waals surface area contributed by atoms with Crippen LogP contribution in [0.2, 0.25) is 0 Å². The fourth-order valence-corrected chi connectivity index (χ4v) is 4.44. The lowest BCUT2D eigenvalue weighted by Gasteiger charge is -2.28. The first-order chi connectivity index (χ1) is 18.1. The zero-order chi connectivity index (χ0) is 25.9. The number of urea groups is 1. The van der Waals surface area contributed by atoms with Crippen molar-refractivity contribution in [2.24, 2.45) is 0 Å². The third-order valence-electron chi connectivity index (χ3n) is 6.58. The molecule has 0 atom stereocenters. The molecule has 2 N–H and O–H groups in total. The number of hydrogen-bond acceptors (Lipinski definition) is 2. The average molecular weight is 497 g/mol. The summed E-state index contributed by atoms with van der Waals surface area (Å²) in [7, 11) is 0. The molecule has 4 aromatic rings. The number of carbonyl (C=O) groups is 2. The van der Waals surface area contributed by atoms with Crippen molar-refractivity contribution < 1.29 is 9.59 Å². The molecule has 1 aromatic heterocycles. The van der Waals surface area contributed by atoms with Gasteiger partial charge in [-0.1, -0.05) is 92.2 Å². The third kappa shape index (κ3) is 7.46.